The molecule has 0 bridgehead atoms. The number of rotatable bonds is 6. The van der Waals surface area contributed by atoms with Crippen LogP contribution in [0.25, 0.3) is 0 Å². The molecule has 0 aliphatic carbocycles. The topological polar surface area (TPSA) is 40.5 Å². The molecular formula is C10H19NO2. The highest BCUT2D eigenvalue weighted by Crippen LogP contribution is 1.99. The molecule has 0 aromatic rings. The van der Waals surface area contributed by atoms with Crippen LogP contribution < -0.4 is 0 Å². The molecule has 76 valence electrons. The molecule has 3 nitrogen and oxygen atoms in total. The zero-order chi connectivity index (χ0) is 10.3. The Morgan fingerprint density at radius 1 is 1.54 bits per heavy atom. The van der Waals surface area contributed by atoms with Gasteiger partial charge in [-0.2, -0.15) is 0 Å². The monoisotopic (exact) mass is 185 g/mol. The van der Waals surface area contributed by atoms with Crippen molar-refractivity contribution in [3.63, 3.8) is 0 Å². The number of hydrogen-bond donors (Lipinski definition) is 1. The summed E-state index contributed by atoms with van der Waals surface area (Å²) in [5.74, 6) is -0.875. The van der Waals surface area contributed by atoms with Crippen LogP contribution >= 0.6 is 0 Å². The lowest BCUT2D eigenvalue weighted by molar-refractivity contribution is -0.131. The van der Waals surface area contributed by atoms with Crippen LogP contribution in [-0.2, 0) is 4.79 Å². The largest absolute Gasteiger partial charge is 0.478 e. The van der Waals surface area contributed by atoms with Crippen LogP contribution in [0.2, 0.25) is 0 Å². The zero-order valence-corrected chi connectivity index (χ0v) is 8.66. The molecule has 0 aliphatic heterocycles. The number of carbonyl (C=O) groups is 1. The summed E-state index contributed by atoms with van der Waals surface area (Å²) in [5, 5.41) is 8.39. The Kier molecular flexibility index (Phi) is 6.24. The first-order valence-electron chi connectivity index (χ1n) is 4.71. The van der Waals surface area contributed by atoms with Crippen LogP contribution in [0.3, 0.4) is 0 Å². The van der Waals surface area contributed by atoms with Gasteiger partial charge in [0, 0.05) is 18.7 Å². The van der Waals surface area contributed by atoms with E-state index in [0.717, 1.165) is 19.5 Å². The molecule has 0 saturated carbocycles. The fourth-order valence-corrected chi connectivity index (χ4v) is 1.14. The van der Waals surface area contributed by atoms with Gasteiger partial charge in [-0.1, -0.05) is 13.0 Å². The zero-order valence-electron chi connectivity index (χ0n) is 8.66. The van der Waals surface area contributed by atoms with Crippen LogP contribution in [0.4, 0.5) is 0 Å². The third-order valence-corrected chi connectivity index (χ3v) is 1.84. The van der Waals surface area contributed by atoms with Crippen molar-refractivity contribution in [3.05, 3.63) is 12.2 Å². The molecule has 0 unspecified atom stereocenters. The maximum absolute atomic E-state index is 10.2. The maximum atomic E-state index is 10.2. The van der Waals surface area contributed by atoms with Gasteiger partial charge in [0.25, 0.3) is 0 Å². The number of aliphatic carboxylic acids is 1. The van der Waals surface area contributed by atoms with E-state index >= 15 is 0 Å². The van der Waals surface area contributed by atoms with Gasteiger partial charge in [-0.3, -0.25) is 4.90 Å². The lowest BCUT2D eigenvalue weighted by Crippen LogP contribution is -2.31. The van der Waals surface area contributed by atoms with E-state index in [4.69, 9.17) is 5.11 Å². The van der Waals surface area contributed by atoms with E-state index in [2.05, 4.69) is 25.7 Å². The molecule has 0 aliphatic rings. The van der Waals surface area contributed by atoms with Crippen LogP contribution in [0, 0.1) is 0 Å². The Morgan fingerprint density at radius 2 is 2.15 bits per heavy atom. The molecule has 0 aromatic carbocycles. The molecule has 0 amide bonds. The first kappa shape index (κ1) is 12.2. The second-order valence-corrected chi connectivity index (χ2v) is 3.33. The molecule has 0 atom stereocenters. The van der Waals surface area contributed by atoms with Gasteiger partial charge in [-0.05, 0) is 26.8 Å². The Balaban J connectivity index is 3.88. The molecule has 0 aromatic heterocycles. The smallest absolute Gasteiger partial charge is 0.328 e. The molecule has 1 N–H and O–H groups in total. The van der Waals surface area contributed by atoms with Gasteiger partial charge in [0.05, 0.1) is 0 Å². The lowest BCUT2D eigenvalue weighted by Gasteiger charge is -2.24. The SMILES string of the molecule is CCCN(CC=CC(=O)O)C(C)C. The van der Waals surface area contributed by atoms with Crippen molar-refractivity contribution < 1.29 is 9.90 Å². The van der Waals surface area contributed by atoms with Gasteiger partial charge in [-0.25, -0.2) is 4.79 Å². The predicted molar refractivity (Wildman–Crippen MR) is 53.8 cm³/mol. The van der Waals surface area contributed by atoms with Gasteiger partial charge in [0.2, 0.25) is 0 Å². The van der Waals surface area contributed by atoms with Crippen LogP contribution in [0.15, 0.2) is 12.2 Å². The minimum Gasteiger partial charge on any atom is -0.478 e. The van der Waals surface area contributed by atoms with Gasteiger partial charge in [-0.15, -0.1) is 0 Å². The fraction of sp³-hybridized carbons (Fsp3) is 0.700. The van der Waals surface area contributed by atoms with E-state index in [9.17, 15) is 4.79 Å². The normalized spacial score (nSPS) is 11.8. The van der Waals surface area contributed by atoms with Gasteiger partial charge in [0.15, 0.2) is 0 Å². The van der Waals surface area contributed by atoms with Crippen molar-refractivity contribution in [2.45, 2.75) is 33.2 Å². The van der Waals surface area contributed by atoms with E-state index in [-0.39, 0.29) is 0 Å². The van der Waals surface area contributed by atoms with Crippen molar-refractivity contribution in [1.82, 2.24) is 4.90 Å². The maximum Gasteiger partial charge on any atom is 0.328 e. The number of nitrogens with zero attached hydrogens (tertiary/aromatic N) is 1. The van der Waals surface area contributed by atoms with Crippen LogP contribution in [0.5, 0.6) is 0 Å². The van der Waals surface area contributed by atoms with Gasteiger partial charge >= 0.3 is 5.97 Å². The Hall–Kier alpha value is -0.830. The molecule has 0 rings (SSSR count). The van der Waals surface area contributed by atoms with Gasteiger partial charge < -0.3 is 5.11 Å². The first-order valence-corrected chi connectivity index (χ1v) is 4.71. The summed E-state index contributed by atoms with van der Waals surface area (Å²) >= 11 is 0. The standard InChI is InChI=1S/C10H19NO2/c1-4-7-11(9(2)3)8-5-6-10(12)13/h5-6,9H,4,7-8H2,1-3H3,(H,12,13). The number of carboxylic acid groups (broad SMARTS) is 1. The summed E-state index contributed by atoms with van der Waals surface area (Å²) in [6, 6.07) is 0.471. The summed E-state index contributed by atoms with van der Waals surface area (Å²) in [6.07, 6.45) is 3.99. The van der Waals surface area contributed by atoms with Crippen molar-refractivity contribution >= 4 is 5.97 Å². The van der Waals surface area contributed by atoms with Crippen molar-refractivity contribution in [2.75, 3.05) is 13.1 Å². The Labute approximate surface area is 80.0 Å². The molecule has 0 saturated heterocycles. The third-order valence-electron chi connectivity index (χ3n) is 1.84. The second-order valence-electron chi connectivity index (χ2n) is 3.33. The Bertz CT molecular complexity index is 176. The van der Waals surface area contributed by atoms with E-state index in [1.165, 1.54) is 6.08 Å². The fourth-order valence-electron chi connectivity index (χ4n) is 1.14. The predicted octanol–water partition coefficient (Wildman–Crippen LogP) is 1.75. The molecule has 0 heterocycles. The third kappa shape index (κ3) is 6.34. The highest BCUT2D eigenvalue weighted by atomic mass is 16.4. The van der Waals surface area contributed by atoms with E-state index in [0.29, 0.717) is 6.04 Å². The van der Waals surface area contributed by atoms with E-state index < -0.39 is 5.97 Å². The average molecular weight is 185 g/mol. The summed E-state index contributed by atoms with van der Waals surface area (Å²) < 4.78 is 0. The highest BCUT2D eigenvalue weighted by molar-refractivity contribution is 5.79. The second kappa shape index (κ2) is 6.66. The van der Waals surface area contributed by atoms with Crippen molar-refractivity contribution in [1.29, 1.82) is 0 Å². The molecule has 13 heavy (non-hydrogen) atoms. The lowest BCUT2D eigenvalue weighted by atomic mass is 10.3. The van der Waals surface area contributed by atoms with Crippen molar-refractivity contribution in [2.24, 2.45) is 0 Å². The van der Waals surface area contributed by atoms with E-state index in [1.807, 2.05) is 0 Å². The summed E-state index contributed by atoms with van der Waals surface area (Å²) in [7, 11) is 0. The highest BCUT2D eigenvalue weighted by Gasteiger charge is 2.05. The quantitative estimate of drug-likeness (QED) is 0.641. The average Bonchev–Trinajstić information content (AvgIpc) is 2.02. The first-order chi connectivity index (χ1) is 6.07. The number of hydrogen-bond acceptors (Lipinski definition) is 2. The summed E-state index contributed by atoms with van der Waals surface area (Å²) in [5.41, 5.74) is 0. The molecule has 0 radical (unpaired) electrons. The molecule has 0 spiro atoms. The van der Waals surface area contributed by atoms with Gasteiger partial charge in [0.1, 0.15) is 0 Å². The minimum atomic E-state index is -0.875. The number of carboxylic acids is 1. The summed E-state index contributed by atoms with van der Waals surface area (Å²) in [6.45, 7) is 8.09. The van der Waals surface area contributed by atoms with Crippen LogP contribution in [0.1, 0.15) is 27.2 Å². The molecule has 3 heteroatoms. The molecular weight excluding hydrogens is 166 g/mol. The van der Waals surface area contributed by atoms with E-state index in [1.54, 1.807) is 6.08 Å². The Morgan fingerprint density at radius 3 is 2.54 bits per heavy atom. The van der Waals surface area contributed by atoms with Crippen LogP contribution in [-0.4, -0.2) is 35.1 Å². The summed E-state index contributed by atoms with van der Waals surface area (Å²) in [4.78, 5) is 12.4. The van der Waals surface area contributed by atoms with Crippen molar-refractivity contribution in [3.8, 4) is 0 Å². The molecule has 0 fully saturated rings. The minimum absolute atomic E-state index is 0.471.